The van der Waals surface area contributed by atoms with Crippen molar-refractivity contribution in [2.24, 2.45) is 0 Å². The molecule has 0 saturated carbocycles. The summed E-state index contributed by atoms with van der Waals surface area (Å²) in [5, 5.41) is 12.2. The normalized spacial score (nSPS) is 12.2. The summed E-state index contributed by atoms with van der Waals surface area (Å²) < 4.78 is 14.1. The predicted octanol–water partition coefficient (Wildman–Crippen LogP) is 2.09. The number of nitrogens with one attached hydrogen (secondary N) is 1. The van der Waals surface area contributed by atoms with Crippen molar-refractivity contribution in [2.45, 2.75) is 13.0 Å². The van der Waals surface area contributed by atoms with Crippen LogP contribution < -0.4 is 10.2 Å². The van der Waals surface area contributed by atoms with E-state index in [1.165, 1.54) is 6.07 Å². The molecule has 0 amide bonds. The second-order valence-corrected chi connectivity index (χ2v) is 4.15. The van der Waals surface area contributed by atoms with Crippen LogP contribution in [-0.4, -0.2) is 31.9 Å². The van der Waals surface area contributed by atoms with Crippen LogP contribution in [-0.2, 0) is 0 Å². The molecule has 0 spiro atoms. The summed E-state index contributed by atoms with van der Waals surface area (Å²) in [4.78, 5) is 1.80. The predicted molar refractivity (Wildman–Crippen MR) is 73.4 cm³/mol. The minimum absolute atomic E-state index is 0.0183. The van der Waals surface area contributed by atoms with Gasteiger partial charge in [-0.05, 0) is 25.6 Å². The van der Waals surface area contributed by atoms with Gasteiger partial charge >= 0.3 is 0 Å². The van der Waals surface area contributed by atoms with Crippen molar-refractivity contribution in [3.8, 4) is 0 Å². The molecule has 0 aliphatic heterocycles. The van der Waals surface area contributed by atoms with Crippen molar-refractivity contribution in [2.75, 3.05) is 31.6 Å². The molecule has 0 heterocycles. The Morgan fingerprint density at radius 1 is 1.56 bits per heavy atom. The minimum atomic E-state index is -0.273. The number of benzene rings is 1. The zero-order valence-electron chi connectivity index (χ0n) is 11.0. The smallest absolute Gasteiger partial charge is 0.146 e. The van der Waals surface area contributed by atoms with Crippen molar-refractivity contribution < 1.29 is 9.50 Å². The largest absolute Gasteiger partial charge is 0.395 e. The number of hydrogen-bond acceptors (Lipinski definition) is 3. The topological polar surface area (TPSA) is 35.5 Å². The molecule has 4 heteroatoms. The van der Waals surface area contributed by atoms with Crippen molar-refractivity contribution in [1.82, 2.24) is 5.32 Å². The van der Waals surface area contributed by atoms with Gasteiger partial charge in [-0.25, -0.2) is 4.39 Å². The molecule has 1 aromatic rings. The van der Waals surface area contributed by atoms with E-state index in [-0.39, 0.29) is 18.5 Å². The number of para-hydroxylation sites is 1. The molecule has 0 aromatic heterocycles. The number of aliphatic hydroxyl groups is 1. The van der Waals surface area contributed by atoms with Crippen molar-refractivity contribution in [3.05, 3.63) is 42.2 Å². The van der Waals surface area contributed by atoms with Gasteiger partial charge in [0.15, 0.2) is 0 Å². The summed E-state index contributed by atoms with van der Waals surface area (Å²) >= 11 is 0. The van der Waals surface area contributed by atoms with E-state index in [0.29, 0.717) is 18.8 Å². The average Bonchev–Trinajstić information content (AvgIpc) is 2.37. The SMILES string of the molecule is C=CCN(CCO)c1c(F)cccc1C(C)NC. The van der Waals surface area contributed by atoms with Crippen LogP contribution in [0.4, 0.5) is 10.1 Å². The number of hydrogen-bond donors (Lipinski definition) is 2. The lowest BCUT2D eigenvalue weighted by atomic mass is 10.0. The van der Waals surface area contributed by atoms with Crippen LogP contribution >= 0.6 is 0 Å². The molecular formula is C14H21FN2O. The second-order valence-electron chi connectivity index (χ2n) is 4.15. The lowest BCUT2D eigenvalue weighted by Crippen LogP contribution is -2.30. The Morgan fingerprint density at radius 3 is 2.83 bits per heavy atom. The van der Waals surface area contributed by atoms with Crippen LogP contribution in [0.25, 0.3) is 0 Å². The minimum Gasteiger partial charge on any atom is -0.395 e. The fourth-order valence-corrected chi connectivity index (χ4v) is 1.94. The lowest BCUT2D eigenvalue weighted by molar-refractivity contribution is 0.302. The third-order valence-electron chi connectivity index (χ3n) is 2.95. The van der Waals surface area contributed by atoms with Crippen LogP contribution in [0, 0.1) is 5.82 Å². The van der Waals surface area contributed by atoms with E-state index in [4.69, 9.17) is 5.11 Å². The van der Waals surface area contributed by atoms with E-state index in [2.05, 4.69) is 11.9 Å². The number of anilines is 1. The van der Waals surface area contributed by atoms with E-state index >= 15 is 0 Å². The fraction of sp³-hybridized carbons (Fsp3) is 0.429. The monoisotopic (exact) mass is 252 g/mol. The number of halogens is 1. The molecule has 1 rings (SSSR count). The number of aliphatic hydroxyl groups excluding tert-OH is 1. The summed E-state index contributed by atoms with van der Waals surface area (Å²) in [5.41, 5.74) is 1.42. The van der Waals surface area contributed by atoms with E-state index in [9.17, 15) is 4.39 Å². The Labute approximate surface area is 108 Å². The summed E-state index contributed by atoms with van der Waals surface area (Å²) in [7, 11) is 1.84. The van der Waals surface area contributed by atoms with Crippen molar-refractivity contribution in [3.63, 3.8) is 0 Å². The second kappa shape index (κ2) is 7.13. The van der Waals surface area contributed by atoms with Gasteiger partial charge in [0.25, 0.3) is 0 Å². The molecule has 0 bridgehead atoms. The summed E-state index contributed by atoms with van der Waals surface area (Å²) in [6.07, 6.45) is 1.70. The highest BCUT2D eigenvalue weighted by molar-refractivity contribution is 5.56. The molecule has 3 nitrogen and oxygen atoms in total. The molecule has 18 heavy (non-hydrogen) atoms. The van der Waals surface area contributed by atoms with E-state index in [0.717, 1.165) is 5.56 Å². The molecule has 0 aliphatic carbocycles. The van der Waals surface area contributed by atoms with Crippen LogP contribution in [0.1, 0.15) is 18.5 Å². The van der Waals surface area contributed by atoms with Gasteiger partial charge in [-0.1, -0.05) is 18.2 Å². The Hall–Kier alpha value is -1.39. The van der Waals surface area contributed by atoms with E-state index in [1.807, 2.05) is 20.0 Å². The Kier molecular flexibility index (Phi) is 5.82. The number of nitrogens with zero attached hydrogens (tertiary/aromatic N) is 1. The molecule has 0 saturated heterocycles. The quantitative estimate of drug-likeness (QED) is 0.729. The van der Waals surface area contributed by atoms with Crippen LogP contribution in [0.15, 0.2) is 30.9 Å². The molecular weight excluding hydrogens is 231 g/mol. The first-order valence-corrected chi connectivity index (χ1v) is 6.08. The van der Waals surface area contributed by atoms with Crippen molar-refractivity contribution in [1.29, 1.82) is 0 Å². The average molecular weight is 252 g/mol. The highest BCUT2D eigenvalue weighted by atomic mass is 19.1. The molecule has 1 unspecified atom stereocenters. The molecule has 0 radical (unpaired) electrons. The fourth-order valence-electron chi connectivity index (χ4n) is 1.94. The Morgan fingerprint density at radius 2 is 2.28 bits per heavy atom. The Balaban J connectivity index is 3.20. The van der Waals surface area contributed by atoms with Gasteiger partial charge in [0.05, 0.1) is 12.3 Å². The molecule has 2 N–H and O–H groups in total. The molecule has 1 atom stereocenters. The lowest BCUT2D eigenvalue weighted by Gasteiger charge is -2.27. The summed E-state index contributed by atoms with van der Waals surface area (Å²) in [5.74, 6) is -0.273. The van der Waals surface area contributed by atoms with Crippen LogP contribution in [0.5, 0.6) is 0 Å². The first kappa shape index (κ1) is 14.7. The first-order chi connectivity index (χ1) is 8.65. The van der Waals surface area contributed by atoms with Gasteiger partial charge in [-0.15, -0.1) is 6.58 Å². The van der Waals surface area contributed by atoms with Gasteiger partial charge in [-0.3, -0.25) is 0 Å². The van der Waals surface area contributed by atoms with Crippen LogP contribution in [0.3, 0.4) is 0 Å². The van der Waals surface area contributed by atoms with Gasteiger partial charge < -0.3 is 15.3 Å². The van der Waals surface area contributed by atoms with Gasteiger partial charge in [0.2, 0.25) is 0 Å². The van der Waals surface area contributed by atoms with Crippen molar-refractivity contribution >= 4 is 5.69 Å². The maximum Gasteiger partial charge on any atom is 0.146 e. The third-order valence-corrected chi connectivity index (χ3v) is 2.95. The van der Waals surface area contributed by atoms with Gasteiger partial charge in [-0.2, -0.15) is 0 Å². The van der Waals surface area contributed by atoms with E-state index < -0.39 is 0 Å². The third kappa shape index (κ3) is 3.31. The standard InChI is InChI=1S/C14H21FN2O/c1-4-8-17(9-10-18)14-12(11(2)16-3)6-5-7-13(14)15/h4-7,11,16,18H,1,8-10H2,2-3H3. The summed E-state index contributed by atoms with van der Waals surface area (Å²) in [6.45, 7) is 6.52. The highest BCUT2D eigenvalue weighted by Crippen LogP contribution is 2.29. The zero-order valence-corrected chi connectivity index (χ0v) is 11.0. The van der Waals surface area contributed by atoms with E-state index in [1.54, 1.807) is 17.0 Å². The molecule has 0 aliphatic rings. The van der Waals surface area contributed by atoms with Crippen LogP contribution in [0.2, 0.25) is 0 Å². The maximum atomic E-state index is 14.1. The first-order valence-electron chi connectivity index (χ1n) is 6.08. The zero-order chi connectivity index (χ0) is 13.5. The van der Waals surface area contributed by atoms with Gasteiger partial charge in [0, 0.05) is 19.1 Å². The maximum absolute atomic E-state index is 14.1. The summed E-state index contributed by atoms with van der Waals surface area (Å²) in [6, 6.07) is 5.08. The molecule has 1 aromatic carbocycles. The molecule has 100 valence electrons. The molecule has 0 fully saturated rings. The van der Waals surface area contributed by atoms with Gasteiger partial charge in [0.1, 0.15) is 5.82 Å². The Bertz CT molecular complexity index is 395. The highest BCUT2D eigenvalue weighted by Gasteiger charge is 2.17. The number of rotatable bonds is 7.